The molecule has 0 amide bonds. The van der Waals surface area contributed by atoms with Crippen molar-refractivity contribution in [3.05, 3.63) is 36.4 Å². The van der Waals surface area contributed by atoms with Gasteiger partial charge in [0.2, 0.25) is 6.08 Å². The van der Waals surface area contributed by atoms with Crippen molar-refractivity contribution in [2.45, 2.75) is 4.90 Å². The molecule has 0 saturated carbocycles. The molecule has 0 heterocycles. The van der Waals surface area contributed by atoms with E-state index in [0.717, 1.165) is 10.8 Å². The number of thioether (sulfide) groups is 1. The van der Waals surface area contributed by atoms with Crippen molar-refractivity contribution >= 4 is 34.3 Å². The van der Waals surface area contributed by atoms with Crippen molar-refractivity contribution in [1.29, 1.82) is 0 Å². The lowest BCUT2D eigenvalue weighted by atomic mass is 10.1. The van der Waals surface area contributed by atoms with Crippen molar-refractivity contribution in [3.8, 4) is 0 Å². The molecule has 2 aromatic carbocycles. The lowest BCUT2D eigenvalue weighted by Gasteiger charge is -2.01. The highest BCUT2D eigenvalue weighted by molar-refractivity contribution is 7.98. The molecule has 2 nitrogen and oxygen atoms in total. The van der Waals surface area contributed by atoms with Crippen molar-refractivity contribution in [3.63, 3.8) is 0 Å². The van der Waals surface area contributed by atoms with Crippen LogP contribution < -0.4 is 0 Å². The highest BCUT2D eigenvalue weighted by atomic mass is 32.2. The maximum Gasteiger partial charge on any atom is 0.240 e. The molecule has 2 aromatic rings. The lowest BCUT2D eigenvalue weighted by molar-refractivity contribution is 0.565. The molecule has 74 valence electrons. The Morgan fingerprint density at radius 3 is 2.60 bits per heavy atom. The smallest absolute Gasteiger partial charge is 0.211 e. The second kappa shape index (κ2) is 4.30. The molecule has 0 bridgehead atoms. The van der Waals surface area contributed by atoms with Crippen molar-refractivity contribution in [2.75, 3.05) is 6.26 Å². The highest BCUT2D eigenvalue weighted by Crippen LogP contribution is 2.25. The van der Waals surface area contributed by atoms with Gasteiger partial charge in [-0.3, -0.25) is 0 Å². The maximum atomic E-state index is 10.1. The number of isocyanates is 1. The van der Waals surface area contributed by atoms with Gasteiger partial charge in [0.25, 0.3) is 0 Å². The largest absolute Gasteiger partial charge is 0.240 e. The number of hydrogen-bond acceptors (Lipinski definition) is 3. The summed E-state index contributed by atoms with van der Waals surface area (Å²) in [6, 6.07) is 11.9. The van der Waals surface area contributed by atoms with Gasteiger partial charge < -0.3 is 0 Å². The highest BCUT2D eigenvalue weighted by Gasteiger charge is 1.97. The molecule has 0 radical (unpaired) electrons. The third kappa shape index (κ3) is 2.09. The van der Waals surface area contributed by atoms with Crippen LogP contribution in [0.3, 0.4) is 0 Å². The van der Waals surface area contributed by atoms with E-state index in [1.165, 1.54) is 4.90 Å². The van der Waals surface area contributed by atoms with Crippen LogP contribution in [0.5, 0.6) is 0 Å². The summed E-state index contributed by atoms with van der Waals surface area (Å²) in [6.07, 6.45) is 3.59. The summed E-state index contributed by atoms with van der Waals surface area (Å²) in [5, 5.41) is 2.25. The molecule has 0 aliphatic rings. The average Bonchev–Trinajstić information content (AvgIpc) is 2.29. The summed E-state index contributed by atoms with van der Waals surface area (Å²) in [4.78, 5) is 14.9. The van der Waals surface area contributed by atoms with Crippen LogP contribution in [0.15, 0.2) is 46.3 Å². The molecule has 0 fully saturated rings. The van der Waals surface area contributed by atoms with Crippen LogP contribution in [0.2, 0.25) is 0 Å². The van der Waals surface area contributed by atoms with E-state index < -0.39 is 0 Å². The zero-order chi connectivity index (χ0) is 10.7. The quantitative estimate of drug-likeness (QED) is 0.435. The Balaban J connectivity index is 2.59. The molecule has 0 aromatic heterocycles. The summed E-state index contributed by atoms with van der Waals surface area (Å²) in [5.74, 6) is 0. The molecule has 0 unspecified atom stereocenters. The fraction of sp³-hybridized carbons (Fsp3) is 0.0833. The predicted molar refractivity (Wildman–Crippen MR) is 63.5 cm³/mol. The minimum atomic E-state index is 0.648. The van der Waals surface area contributed by atoms with E-state index in [-0.39, 0.29) is 0 Å². The number of carbonyl (C=O) groups excluding carboxylic acids is 1. The second-order valence-electron chi connectivity index (χ2n) is 3.10. The van der Waals surface area contributed by atoms with Crippen LogP contribution in [0.25, 0.3) is 10.8 Å². The van der Waals surface area contributed by atoms with Gasteiger partial charge in [-0.15, -0.1) is 11.8 Å². The average molecular weight is 215 g/mol. The van der Waals surface area contributed by atoms with Crippen LogP contribution >= 0.6 is 11.8 Å². The van der Waals surface area contributed by atoms with Crippen LogP contribution in [0.4, 0.5) is 5.69 Å². The summed E-state index contributed by atoms with van der Waals surface area (Å²) < 4.78 is 0. The van der Waals surface area contributed by atoms with Crippen LogP contribution in [-0.2, 0) is 4.79 Å². The molecular formula is C12H9NOS. The number of benzene rings is 2. The Morgan fingerprint density at radius 2 is 1.87 bits per heavy atom. The van der Waals surface area contributed by atoms with E-state index >= 15 is 0 Å². The van der Waals surface area contributed by atoms with Crippen LogP contribution in [0, 0.1) is 0 Å². The van der Waals surface area contributed by atoms with E-state index in [4.69, 9.17) is 0 Å². The van der Waals surface area contributed by atoms with Crippen LogP contribution in [0.1, 0.15) is 0 Å². The van der Waals surface area contributed by atoms with Gasteiger partial charge >= 0.3 is 0 Å². The third-order valence-electron chi connectivity index (χ3n) is 2.21. The first-order chi connectivity index (χ1) is 7.33. The van der Waals surface area contributed by atoms with Crippen molar-refractivity contribution in [1.82, 2.24) is 0 Å². The molecule has 2 rings (SSSR count). The van der Waals surface area contributed by atoms with Gasteiger partial charge in [0.15, 0.2) is 0 Å². The third-order valence-corrected chi connectivity index (χ3v) is 2.93. The zero-order valence-corrected chi connectivity index (χ0v) is 9.04. The number of nitrogens with zero attached hydrogens (tertiary/aromatic N) is 1. The summed E-state index contributed by atoms with van der Waals surface area (Å²) >= 11 is 1.71. The molecule has 3 heteroatoms. The van der Waals surface area contributed by atoms with E-state index in [1.807, 2.05) is 30.5 Å². The molecule has 0 saturated heterocycles. The molecule has 0 aliphatic heterocycles. The summed E-state index contributed by atoms with van der Waals surface area (Å²) in [5.41, 5.74) is 0.648. The Morgan fingerprint density at radius 1 is 1.13 bits per heavy atom. The van der Waals surface area contributed by atoms with Crippen LogP contribution in [-0.4, -0.2) is 12.3 Å². The lowest BCUT2D eigenvalue weighted by Crippen LogP contribution is -1.74. The number of hydrogen-bond donors (Lipinski definition) is 0. The normalized spacial score (nSPS) is 9.93. The minimum Gasteiger partial charge on any atom is -0.211 e. The number of aliphatic imine (C=N–C) groups is 1. The zero-order valence-electron chi connectivity index (χ0n) is 8.23. The van der Waals surface area contributed by atoms with Gasteiger partial charge in [-0.05, 0) is 41.3 Å². The molecule has 15 heavy (non-hydrogen) atoms. The topological polar surface area (TPSA) is 29.4 Å². The Bertz CT molecular complexity index is 544. The predicted octanol–water partition coefficient (Wildman–Crippen LogP) is 3.53. The fourth-order valence-electron chi connectivity index (χ4n) is 1.46. The monoisotopic (exact) mass is 215 g/mol. The molecule has 0 spiro atoms. The first kappa shape index (κ1) is 9.97. The van der Waals surface area contributed by atoms with Crippen molar-refractivity contribution < 1.29 is 4.79 Å². The Hall–Kier alpha value is -1.57. The second-order valence-corrected chi connectivity index (χ2v) is 3.98. The number of rotatable bonds is 2. The summed E-state index contributed by atoms with van der Waals surface area (Å²) in [6.45, 7) is 0. The van der Waals surface area contributed by atoms with E-state index in [9.17, 15) is 4.79 Å². The van der Waals surface area contributed by atoms with Gasteiger partial charge in [-0.2, -0.15) is 4.99 Å². The fourth-order valence-corrected chi connectivity index (χ4v) is 1.91. The van der Waals surface area contributed by atoms with E-state index in [1.54, 1.807) is 17.8 Å². The van der Waals surface area contributed by atoms with Gasteiger partial charge in [0, 0.05) is 4.90 Å². The van der Waals surface area contributed by atoms with Gasteiger partial charge in [-0.25, -0.2) is 4.79 Å². The van der Waals surface area contributed by atoms with E-state index in [2.05, 4.69) is 17.1 Å². The molecule has 0 atom stereocenters. The SMILES string of the molecule is CSc1ccc2cc(N=C=O)ccc2c1. The van der Waals surface area contributed by atoms with Gasteiger partial charge in [0.05, 0.1) is 5.69 Å². The first-order valence-corrected chi connectivity index (χ1v) is 5.71. The Kier molecular flexibility index (Phi) is 2.86. The van der Waals surface area contributed by atoms with Gasteiger partial charge in [-0.1, -0.05) is 12.1 Å². The minimum absolute atomic E-state index is 0.648. The standard InChI is InChI=1S/C12H9NOS/c1-15-12-5-3-9-6-11(13-8-14)4-2-10(9)7-12/h2-7H,1H3. The van der Waals surface area contributed by atoms with Crippen molar-refractivity contribution in [2.24, 2.45) is 4.99 Å². The Labute approximate surface area is 92.0 Å². The van der Waals surface area contributed by atoms with E-state index in [0.29, 0.717) is 5.69 Å². The molecule has 0 N–H and O–H groups in total. The molecule has 0 aliphatic carbocycles. The maximum absolute atomic E-state index is 10.1. The van der Waals surface area contributed by atoms with Gasteiger partial charge in [0.1, 0.15) is 0 Å². The first-order valence-electron chi connectivity index (χ1n) is 4.49. The number of fused-ring (bicyclic) bond motifs is 1. The molecular weight excluding hydrogens is 206 g/mol. The summed E-state index contributed by atoms with van der Waals surface area (Å²) in [7, 11) is 0.